The van der Waals surface area contributed by atoms with Crippen molar-refractivity contribution in [3.05, 3.63) is 0 Å². The quantitative estimate of drug-likeness (QED) is 0.0463. The summed E-state index contributed by atoms with van der Waals surface area (Å²) in [6, 6.07) is -7.79. The summed E-state index contributed by atoms with van der Waals surface area (Å²) in [6.07, 6.45) is -1.24. The van der Waals surface area contributed by atoms with Gasteiger partial charge in [0.1, 0.15) is 36.8 Å². The number of Topliss-reactive ketones (excluding diaryl/α,β-unsaturated/α-hetero) is 1. The zero-order valence-corrected chi connectivity index (χ0v) is 31.8. The van der Waals surface area contributed by atoms with Gasteiger partial charge in [-0.1, -0.05) is 41.0 Å². The minimum atomic E-state index is -1.53. The summed E-state index contributed by atoms with van der Waals surface area (Å²) in [7, 11) is 0. The third-order valence-electron chi connectivity index (χ3n) is 8.54. The van der Waals surface area contributed by atoms with Crippen molar-refractivity contribution >= 4 is 65.0 Å². The second-order valence-electron chi connectivity index (χ2n) is 13.8. The molecule has 0 saturated carbocycles. The van der Waals surface area contributed by atoms with Crippen LogP contribution in [0.2, 0.25) is 0 Å². The molecule has 1 heterocycles. The lowest BCUT2D eigenvalue weighted by molar-refractivity contribution is -0.152. The molecule has 308 valence electrons. The molecule has 1 saturated heterocycles. The van der Waals surface area contributed by atoms with Gasteiger partial charge in [0.25, 0.3) is 5.91 Å². The first-order valence-corrected chi connectivity index (χ1v) is 17.9. The van der Waals surface area contributed by atoms with Crippen LogP contribution >= 0.6 is 0 Å². The number of aliphatic carboxylic acids is 3. The molecule has 7 amide bonds. The number of likely N-dealkylation sites (tertiary alicyclic amines) is 1. The van der Waals surface area contributed by atoms with E-state index in [9.17, 15) is 57.8 Å². The molecule has 21 heteroatoms. The van der Waals surface area contributed by atoms with Gasteiger partial charge in [0.05, 0.1) is 6.04 Å². The number of amides is 7. The van der Waals surface area contributed by atoms with Crippen molar-refractivity contribution in [1.82, 2.24) is 36.8 Å². The van der Waals surface area contributed by atoms with E-state index in [0.29, 0.717) is 6.42 Å². The highest BCUT2D eigenvalue weighted by Gasteiger charge is 2.43. The summed E-state index contributed by atoms with van der Waals surface area (Å²) < 4.78 is 0. The smallest absolute Gasteiger partial charge is 0.322 e. The van der Waals surface area contributed by atoms with E-state index in [2.05, 4.69) is 26.6 Å². The molecule has 0 radical (unpaired) electrons. The van der Waals surface area contributed by atoms with Gasteiger partial charge in [0.15, 0.2) is 0 Å². The summed E-state index contributed by atoms with van der Waals surface area (Å²) in [6.45, 7) is 8.50. The maximum atomic E-state index is 13.7. The molecular formula is C34H53N7O14. The Labute approximate surface area is 317 Å². The fourth-order valence-electron chi connectivity index (χ4n) is 5.47. The van der Waals surface area contributed by atoms with Crippen molar-refractivity contribution in [1.29, 1.82) is 0 Å². The van der Waals surface area contributed by atoms with Gasteiger partial charge in [-0.15, -0.1) is 0 Å². The molecule has 0 spiro atoms. The van der Waals surface area contributed by atoms with Gasteiger partial charge in [-0.25, -0.2) is 0 Å². The average Bonchev–Trinajstić information content (AvgIpc) is 3.06. The van der Waals surface area contributed by atoms with E-state index in [0.717, 1.165) is 6.92 Å². The number of carboxylic acids is 3. The van der Waals surface area contributed by atoms with Crippen LogP contribution in [-0.4, -0.2) is 135 Å². The molecule has 0 bridgehead atoms. The van der Waals surface area contributed by atoms with Crippen LogP contribution < -0.4 is 31.9 Å². The highest BCUT2D eigenvalue weighted by molar-refractivity contribution is 6.38. The maximum Gasteiger partial charge on any atom is 0.322 e. The second kappa shape index (κ2) is 22.6. The van der Waals surface area contributed by atoms with Crippen molar-refractivity contribution in [2.75, 3.05) is 13.1 Å². The Morgan fingerprint density at radius 3 is 1.58 bits per heavy atom. The first-order chi connectivity index (χ1) is 25.6. The van der Waals surface area contributed by atoms with Gasteiger partial charge in [0.2, 0.25) is 41.2 Å². The van der Waals surface area contributed by atoms with Crippen molar-refractivity contribution in [3.63, 3.8) is 0 Å². The van der Waals surface area contributed by atoms with Crippen molar-refractivity contribution in [2.45, 2.75) is 123 Å². The molecule has 0 aromatic rings. The number of hydrogen-bond donors (Lipinski definition) is 9. The normalized spacial score (nSPS) is 16.2. The molecule has 55 heavy (non-hydrogen) atoms. The van der Waals surface area contributed by atoms with Crippen molar-refractivity contribution in [2.24, 2.45) is 11.8 Å². The van der Waals surface area contributed by atoms with E-state index in [-0.39, 0.29) is 25.8 Å². The fourth-order valence-corrected chi connectivity index (χ4v) is 5.47. The topological polar surface area (TPSA) is 324 Å². The Kier molecular flexibility index (Phi) is 19.4. The SMILES string of the molecule is CCC[C@H](NC(=O)[C@@H]1CCN1C(=O)[C@@H](NC(=O)[C@@H](NC(=O)[C@H](CCC(=O)O)NC(=O)[C@H](CCC(=O)O)NC(C)=O)C(C)C)C(C)C)C(=O)C(=O)NCC(=O)O. The largest absolute Gasteiger partial charge is 0.481 e. The summed E-state index contributed by atoms with van der Waals surface area (Å²) in [4.78, 5) is 138. The number of nitrogens with one attached hydrogen (secondary N) is 6. The van der Waals surface area contributed by atoms with E-state index in [1.807, 2.05) is 5.32 Å². The lowest BCUT2D eigenvalue weighted by Crippen LogP contribution is -2.65. The minimum Gasteiger partial charge on any atom is -0.481 e. The molecule has 9 N–H and O–H groups in total. The molecule has 0 aromatic carbocycles. The fraction of sp³-hybridized carbons (Fsp3) is 0.676. The van der Waals surface area contributed by atoms with Crippen LogP contribution in [-0.2, 0) is 52.7 Å². The highest BCUT2D eigenvalue weighted by Crippen LogP contribution is 2.22. The maximum absolute atomic E-state index is 13.7. The molecular weight excluding hydrogens is 730 g/mol. The first-order valence-electron chi connectivity index (χ1n) is 17.9. The van der Waals surface area contributed by atoms with Crippen LogP contribution in [0.3, 0.4) is 0 Å². The molecule has 1 rings (SSSR count). The predicted molar refractivity (Wildman–Crippen MR) is 189 cm³/mol. The monoisotopic (exact) mass is 783 g/mol. The van der Waals surface area contributed by atoms with Crippen LogP contribution in [0.5, 0.6) is 0 Å². The predicted octanol–water partition coefficient (Wildman–Crippen LogP) is -2.36. The third-order valence-corrected chi connectivity index (χ3v) is 8.54. The molecule has 21 nitrogen and oxygen atoms in total. The summed E-state index contributed by atoms with van der Waals surface area (Å²) >= 11 is 0. The standard InChI is InChI=1S/C34H53N7O14/c1-7-8-19(28(49)33(54)35-15-25(47)48)37-31(52)22-13-14-41(22)34(55)27(17(4)5)40-32(53)26(16(2)3)39-30(51)21(10-12-24(45)46)38-29(50)20(36-18(6)42)9-11-23(43)44/h16-17,19-22,26-27H,7-15H2,1-6H3,(H,35,54)(H,36,42)(H,37,52)(H,38,50)(H,39,51)(H,40,53)(H,43,44)(H,45,46)(H,47,48)/t19-,20-,21-,22-,26-,27-/m0/s1. The lowest BCUT2D eigenvalue weighted by Gasteiger charge is -2.43. The second-order valence-corrected chi connectivity index (χ2v) is 13.8. The molecule has 1 aliphatic rings. The Bertz CT molecular complexity index is 1480. The van der Waals surface area contributed by atoms with Crippen LogP contribution in [0.4, 0.5) is 0 Å². The van der Waals surface area contributed by atoms with Crippen LogP contribution in [0, 0.1) is 11.8 Å². The molecule has 0 aliphatic carbocycles. The van der Waals surface area contributed by atoms with Gasteiger partial charge >= 0.3 is 17.9 Å². The number of carboxylic acid groups (broad SMARTS) is 3. The van der Waals surface area contributed by atoms with Gasteiger partial charge in [0, 0.05) is 26.3 Å². The summed E-state index contributed by atoms with van der Waals surface area (Å²) in [5.74, 6) is -12.2. The molecule has 6 atom stereocenters. The average molecular weight is 784 g/mol. The van der Waals surface area contributed by atoms with E-state index in [4.69, 9.17) is 10.2 Å². The molecule has 1 fully saturated rings. The third kappa shape index (κ3) is 15.7. The summed E-state index contributed by atoms with van der Waals surface area (Å²) in [5.41, 5.74) is 0. The van der Waals surface area contributed by atoms with Gasteiger partial charge in [-0.05, 0) is 37.5 Å². The zero-order valence-electron chi connectivity index (χ0n) is 31.8. The Balaban J connectivity index is 3.16. The Morgan fingerprint density at radius 1 is 0.636 bits per heavy atom. The van der Waals surface area contributed by atoms with Crippen molar-refractivity contribution in [3.8, 4) is 0 Å². The van der Waals surface area contributed by atoms with Crippen LogP contribution in [0.25, 0.3) is 0 Å². The molecule has 1 aliphatic heterocycles. The number of ketones is 1. The Hall–Kier alpha value is -5.63. The first kappa shape index (κ1) is 47.4. The van der Waals surface area contributed by atoms with Gasteiger partial charge in [-0.3, -0.25) is 52.7 Å². The number of nitrogens with zero attached hydrogens (tertiary/aromatic N) is 1. The summed E-state index contributed by atoms with van der Waals surface area (Å²) in [5, 5.41) is 41.2. The minimum absolute atomic E-state index is 0.0557. The van der Waals surface area contributed by atoms with Crippen LogP contribution in [0.15, 0.2) is 0 Å². The molecule has 0 aromatic heterocycles. The van der Waals surface area contributed by atoms with E-state index in [1.54, 1.807) is 34.6 Å². The number of hydrogen-bond acceptors (Lipinski definition) is 11. The number of carbonyl (C=O) groups excluding carboxylic acids is 8. The Morgan fingerprint density at radius 2 is 1.15 bits per heavy atom. The van der Waals surface area contributed by atoms with E-state index < -0.39 is 139 Å². The number of carbonyl (C=O) groups is 11. The van der Waals surface area contributed by atoms with Gasteiger partial charge in [-0.2, -0.15) is 0 Å². The zero-order chi connectivity index (χ0) is 42.2. The van der Waals surface area contributed by atoms with Crippen molar-refractivity contribution < 1.29 is 68.1 Å². The number of rotatable bonds is 24. The molecule has 0 unspecified atom stereocenters. The van der Waals surface area contributed by atoms with Gasteiger partial charge < -0.3 is 52.1 Å². The van der Waals surface area contributed by atoms with E-state index >= 15 is 0 Å². The highest BCUT2D eigenvalue weighted by atomic mass is 16.4. The lowest BCUT2D eigenvalue weighted by atomic mass is 9.94. The van der Waals surface area contributed by atoms with Crippen LogP contribution in [0.1, 0.15) is 86.5 Å². The van der Waals surface area contributed by atoms with E-state index in [1.165, 1.54) is 4.90 Å².